The van der Waals surface area contributed by atoms with Gasteiger partial charge in [-0.25, -0.2) is 4.98 Å². The molecule has 0 atom stereocenters. The first kappa shape index (κ1) is 12.2. The van der Waals surface area contributed by atoms with Crippen LogP contribution in [-0.2, 0) is 0 Å². The molecule has 3 nitrogen and oxygen atoms in total. The molecule has 94 valence electrons. The van der Waals surface area contributed by atoms with Crippen molar-refractivity contribution in [3.8, 4) is 5.88 Å². The molecular weight excluding hydrogens is 212 g/mol. The molecule has 1 aromatic rings. The van der Waals surface area contributed by atoms with Crippen molar-refractivity contribution in [1.82, 2.24) is 4.98 Å². The van der Waals surface area contributed by atoms with E-state index in [1.807, 2.05) is 18.3 Å². The van der Waals surface area contributed by atoms with Gasteiger partial charge in [0.1, 0.15) is 0 Å². The highest BCUT2D eigenvalue weighted by atomic mass is 16.5. The summed E-state index contributed by atoms with van der Waals surface area (Å²) in [4.78, 5) is 4.19. The fourth-order valence-electron chi connectivity index (χ4n) is 2.40. The largest absolute Gasteiger partial charge is 0.481 e. The average molecular weight is 234 g/mol. The molecular formula is C14H22N2O. The highest BCUT2D eigenvalue weighted by molar-refractivity contribution is 5.41. The Kier molecular flexibility index (Phi) is 4.24. The maximum atomic E-state index is 5.04. The van der Waals surface area contributed by atoms with Gasteiger partial charge in [-0.15, -0.1) is 0 Å². The van der Waals surface area contributed by atoms with Crippen molar-refractivity contribution in [3.63, 3.8) is 0 Å². The minimum atomic E-state index is 0.669. The number of hydrogen-bond donors (Lipinski definition) is 1. The van der Waals surface area contributed by atoms with Gasteiger partial charge in [0.15, 0.2) is 0 Å². The Hall–Kier alpha value is -1.25. The normalized spacial score (nSPS) is 24.4. The first-order chi connectivity index (χ1) is 8.28. The van der Waals surface area contributed by atoms with E-state index in [9.17, 15) is 0 Å². The minimum absolute atomic E-state index is 0.669. The second kappa shape index (κ2) is 5.89. The fourth-order valence-corrected chi connectivity index (χ4v) is 2.40. The topological polar surface area (TPSA) is 34.1 Å². The lowest BCUT2D eigenvalue weighted by molar-refractivity contribution is 0.300. The molecule has 1 aromatic heterocycles. The Bertz CT molecular complexity index is 329. The molecule has 0 spiro atoms. The number of nitrogens with zero attached hydrogens (tertiary/aromatic N) is 1. The monoisotopic (exact) mass is 234 g/mol. The van der Waals surface area contributed by atoms with Gasteiger partial charge in [-0.2, -0.15) is 0 Å². The third-order valence-electron chi connectivity index (χ3n) is 3.68. The van der Waals surface area contributed by atoms with Gasteiger partial charge < -0.3 is 10.1 Å². The Labute approximate surface area is 104 Å². The average Bonchev–Trinajstić information content (AvgIpc) is 2.39. The van der Waals surface area contributed by atoms with Crippen molar-refractivity contribution >= 4 is 5.69 Å². The molecule has 0 radical (unpaired) electrons. The summed E-state index contributed by atoms with van der Waals surface area (Å²) < 4.78 is 5.04. The molecule has 1 fully saturated rings. The maximum absolute atomic E-state index is 5.04. The summed E-state index contributed by atoms with van der Waals surface area (Å²) in [7, 11) is 1.64. The van der Waals surface area contributed by atoms with Gasteiger partial charge in [-0.1, -0.05) is 19.8 Å². The van der Waals surface area contributed by atoms with Crippen LogP contribution in [0.2, 0.25) is 0 Å². The van der Waals surface area contributed by atoms with E-state index in [1.54, 1.807) is 7.11 Å². The third kappa shape index (κ3) is 3.62. The van der Waals surface area contributed by atoms with Crippen LogP contribution in [-0.4, -0.2) is 18.6 Å². The maximum Gasteiger partial charge on any atom is 0.213 e. The van der Waals surface area contributed by atoms with Gasteiger partial charge >= 0.3 is 0 Å². The van der Waals surface area contributed by atoms with E-state index in [0.717, 1.165) is 24.1 Å². The van der Waals surface area contributed by atoms with E-state index in [2.05, 4.69) is 17.2 Å². The van der Waals surface area contributed by atoms with Gasteiger partial charge in [0.25, 0.3) is 0 Å². The second-order valence-electron chi connectivity index (χ2n) is 5.10. The van der Waals surface area contributed by atoms with Crippen molar-refractivity contribution in [2.75, 3.05) is 19.0 Å². The Morgan fingerprint density at radius 1 is 1.29 bits per heavy atom. The molecule has 0 unspecified atom stereocenters. The van der Waals surface area contributed by atoms with Crippen LogP contribution in [0.15, 0.2) is 18.3 Å². The number of methoxy groups -OCH3 is 1. The number of nitrogens with one attached hydrogen (secondary N) is 1. The standard InChI is InChI=1S/C14H22N2O/c1-11-3-5-12(6-4-11)9-15-13-7-8-14(17-2)16-10-13/h7-8,10-12,15H,3-6,9H2,1-2H3/t11-,12-. The number of rotatable bonds is 4. The molecule has 3 heteroatoms. The Balaban J connectivity index is 1.77. The van der Waals surface area contributed by atoms with Crippen molar-refractivity contribution < 1.29 is 4.74 Å². The predicted molar refractivity (Wildman–Crippen MR) is 70.4 cm³/mol. The van der Waals surface area contributed by atoms with Crippen LogP contribution < -0.4 is 10.1 Å². The van der Waals surface area contributed by atoms with Gasteiger partial charge in [-0.05, 0) is 30.7 Å². The zero-order valence-corrected chi connectivity index (χ0v) is 10.8. The second-order valence-corrected chi connectivity index (χ2v) is 5.10. The lowest BCUT2D eigenvalue weighted by Crippen LogP contribution is -2.20. The highest BCUT2D eigenvalue weighted by Crippen LogP contribution is 2.28. The first-order valence-electron chi connectivity index (χ1n) is 6.52. The van der Waals surface area contributed by atoms with Gasteiger partial charge in [0.05, 0.1) is 19.0 Å². The molecule has 1 heterocycles. The molecule has 1 N–H and O–H groups in total. The summed E-state index contributed by atoms with van der Waals surface area (Å²) >= 11 is 0. The van der Waals surface area contributed by atoms with Crippen molar-refractivity contribution in [2.24, 2.45) is 11.8 Å². The van der Waals surface area contributed by atoms with E-state index >= 15 is 0 Å². The summed E-state index contributed by atoms with van der Waals surface area (Å²) in [6.45, 7) is 3.43. The lowest BCUT2D eigenvalue weighted by Gasteiger charge is -2.26. The van der Waals surface area contributed by atoms with E-state index in [1.165, 1.54) is 25.7 Å². The molecule has 0 bridgehead atoms. The van der Waals surface area contributed by atoms with E-state index in [4.69, 9.17) is 4.74 Å². The van der Waals surface area contributed by atoms with E-state index in [0.29, 0.717) is 5.88 Å². The smallest absolute Gasteiger partial charge is 0.213 e. The summed E-state index contributed by atoms with van der Waals surface area (Å²) in [5.74, 6) is 2.42. The van der Waals surface area contributed by atoms with Crippen LogP contribution in [0.4, 0.5) is 5.69 Å². The zero-order valence-electron chi connectivity index (χ0n) is 10.8. The number of ether oxygens (including phenoxy) is 1. The highest BCUT2D eigenvalue weighted by Gasteiger charge is 2.17. The zero-order chi connectivity index (χ0) is 12.1. The van der Waals surface area contributed by atoms with E-state index < -0.39 is 0 Å². The van der Waals surface area contributed by atoms with Crippen LogP contribution in [0.25, 0.3) is 0 Å². The van der Waals surface area contributed by atoms with Crippen LogP contribution >= 0.6 is 0 Å². The quantitative estimate of drug-likeness (QED) is 0.867. The van der Waals surface area contributed by atoms with Crippen LogP contribution in [0.1, 0.15) is 32.6 Å². The van der Waals surface area contributed by atoms with Crippen molar-refractivity contribution in [3.05, 3.63) is 18.3 Å². The van der Waals surface area contributed by atoms with Crippen molar-refractivity contribution in [2.45, 2.75) is 32.6 Å². The molecule has 1 saturated carbocycles. The predicted octanol–water partition coefficient (Wildman–Crippen LogP) is 3.33. The van der Waals surface area contributed by atoms with Crippen LogP contribution in [0.5, 0.6) is 5.88 Å². The summed E-state index contributed by atoms with van der Waals surface area (Å²) in [6, 6.07) is 3.92. The van der Waals surface area contributed by atoms with E-state index in [-0.39, 0.29) is 0 Å². The molecule has 2 rings (SSSR count). The lowest BCUT2D eigenvalue weighted by atomic mass is 9.83. The number of anilines is 1. The minimum Gasteiger partial charge on any atom is -0.481 e. The van der Waals surface area contributed by atoms with Gasteiger partial charge in [-0.3, -0.25) is 0 Å². The molecule has 1 aliphatic carbocycles. The fraction of sp³-hybridized carbons (Fsp3) is 0.643. The Morgan fingerprint density at radius 3 is 2.65 bits per heavy atom. The van der Waals surface area contributed by atoms with Crippen molar-refractivity contribution in [1.29, 1.82) is 0 Å². The molecule has 17 heavy (non-hydrogen) atoms. The number of hydrogen-bond acceptors (Lipinski definition) is 3. The molecule has 0 amide bonds. The molecule has 1 aliphatic rings. The summed E-state index contributed by atoms with van der Waals surface area (Å²) in [5.41, 5.74) is 1.09. The molecule has 0 saturated heterocycles. The first-order valence-corrected chi connectivity index (χ1v) is 6.52. The third-order valence-corrected chi connectivity index (χ3v) is 3.68. The molecule has 0 aliphatic heterocycles. The number of pyridine rings is 1. The Morgan fingerprint density at radius 2 is 2.06 bits per heavy atom. The summed E-state index contributed by atoms with van der Waals surface area (Å²) in [6.07, 6.45) is 7.32. The summed E-state index contributed by atoms with van der Waals surface area (Å²) in [5, 5.41) is 3.46. The van der Waals surface area contributed by atoms with Crippen LogP contribution in [0, 0.1) is 11.8 Å². The number of aromatic nitrogens is 1. The van der Waals surface area contributed by atoms with Crippen LogP contribution in [0.3, 0.4) is 0 Å². The van der Waals surface area contributed by atoms with Gasteiger partial charge in [0, 0.05) is 12.6 Å². The molecule has 0 aromatic carbocycles. The SMILES string of the molecule is COc1ccc(NC[C@H]2CC[C@H](C)CC2)cn1. The van der Waals surface area contributed by atoms with Gasteiger partial charge in [0.2, 0.25) is 5.88 Å².